The van der Waals surface area contributed by atoms with E-state index in [-0.39, 0.29) is 12.3 Å². The van der Waals surface area contributed by atoms with Crippen molar-refractivity contribution in [2.75, 3.05) is 33.0 Å². The maximum absolute atomic E-state index is 14.3. The lowest BCUT2D eigenvalue weighted by atomic mass is 9.93. The molecule has 0 aromatic carbocycles. The molecule has 574 valence electrons. The van der Waals surface area contributed by atoms with Crippen molar-refractivity contribution in [3.63, 3.8) is 0 Å². The highest BCUT2D eigenvalue weighted by molar-refractivity contribution is 5.98. The number of hydrogen-bond donors (Lipinski definition) is 24. The quantitative estimate of drug-likeness (QED) is 0.0297. The topological polar surface area (TPSA) is 662 Å². The van der Waals surface area contributed by atoms with E-state index in [2.05, 4.69) is 42.5 Å². The van der Waals surface area contributed by atoms with Crippen molar-refractivity contribution >= 4 is 53.2 Å². The summed E-state index contributed by atoms with van der Waals surface area (Å²) in [6.45, 7) is 6.84. The van der Waals surface area contributed by atoms with Gasteiger partial charge in [-0.25, -0.2) is 0 Å². The fourth-order valence-electron chi connectivity index (χ4n) is 11.6. The molecule has 0 aliphatic carbocycles. The summed E-state index contributed by atoms with van der Waals surface area (Å²) in [4.78, 5) is 119. The Bertz CT molecular complexity index is 2730. The van der Waals surface area contributed by atoms with E-state index in [1.54, 1.807) is 13.8 Å². The highest BCUT2D eigenvalue weighted by atomic mass is 16.8. The molecule has 5 aliphatic heterocycles. The van der Waals surface area contributed by atoms with E-state index >= 15 is 0 Å². The van der Waals surface area contributed by atoms with Crippen molar-refractivity contribution in [3.05, 3.63) is 0 Å². The Kier molecular flexibility index (Phi) is 32.4. The zero-order valence-corrected chi connectivity index (χ0v) is 56.1. The number of amides is 9. The van der Waals surface area contributed by atoms with Crippen LogP contribution in [-0.2, 0) is 85.8 Å². The fraction of sp³-hybridized carbons (Fsp3) is 0.845. The van der Waals surface area contributed by atoms with Crippen LogP contribution in [0.25, 0.3) is 0 Å². The number of aliphatic hydroxyl groups excluding tert-OH is 15. The number of nitrogens with two attached hydrogens (primary N) is 1. The van der Waals surface area contributed by atoms with Gasteiger partial charge < -0.3 is 167 Å². The third-order valence-electron chi connectivity index (χ3n) is 16.9. The Morgan fingerprint density at radius 1 is 0.430 bits per heavy atom. The van der Waals surface area contributed by atoms with Gasteiger partial charge in [-0.1, -0.05) is 27.7 Å². The summed E-state index contributed by atoms with van der Waals surface area (Å²) in [7, 11) is 0. The first-order valence-electron chi connectivity index (χ1n) is 32.2. The molecule has 5 rings (SSSR count). The second-order valence-corrected chi connectivity index (χ2v) is 25.8. The van der Waals surface area contributed by atoms with Gasteiger partial charge in [0.15, 0.2) is 31.4 Å². The third-order valence-corrected chi connectivity index (χ3v) is 16.9. The van der Waals surface area contributed by atoms with Gasteiger partial charge in [-0.15, -0.1) is 0 Å². The SMILES string of the molecule is CC(=O)N[C@@H]1[C@@H](O)[C@H](O[C@@H]2O[C@H](CO)[C@@H](O[C@@H]3O[C@H](CO[C@H]4O[C@H](CO)[C@@H](O)[C@H](O)[C@@H]4O)[C@@H](O)[C@H](O[C@H]4O[C@H](CO)[C@@H](O)[C@H](O)[C@@H]4O)[C@@H]3O)[C@H](O)[C@H]2NC(C)=O)[C@@H](CO)O[C@H]1NC(=O)C[C@H](NC(=O)[C@H](C)NC(=O)[C@H](CC(C)C)NC(C)=O)C(=O)N[C@H](C(=O)N[C@H](C(N)=O)[C@@H](C)O)C(C)C. The molecular weight excluding hydrogens is 1350 g/mol. The molecule has 0 saturated carbocycles. The van der Waals surface area contributed by atoms with Crippen LogP contribution >= 0.6 is 0 Å². The van der Waals surface area contributed by atoms with E-state index in [1.807, 2.05) is 0 Å². The molecule has 42 heteroatoms. The maximum atomic E-state index is 14.3. The molecule has 100 heavy (non-hydrogen) atoms. The van der Waals surface area contributed by atoms with Gasteiger partial charge in [-0.3, -0.25) is 43.2 Å². The first-order chi connectivity index (χ1) is 46.8. The molecule has 42 nitrogen and oxygen atoms in total. The zero-order valence-electron chi connectivity index (χ0n) is 56.1. The third kappa shape index (κ3) is 21.9. The molecule has 5 fully saturated rings. The minimum Gasteiger partial charge on any atom is -0.394 e. The number of carbonyl (C=O) groups is 9. The summed E-state index contributed by atoms with van der Waals surface area (Å²) in [5.41, 5.74) is 5.37. The summed E-state index contributed by atoms with van der Waals surface area (Å²) in [5, 5.41) is 182. The van der Waals surface area contributed by atoms with Crippen LogP contribution in [0.4, 0.5) is 0 Å². The minimum atomic E-state index is -2.31. The number of hydrogen-bond acceptors (Lipinski definition) is 33. The van der Waals surface area contributed by atoms with Crippen molar-refractivity contribution < 1.29 is 162 Å². The Morgan fingerprint density at radius 2 is 0.890 bits per heavy atom. The average molecular weight is 1450 g/mol. The predicted molar refractivity (Wildman–Crippen MR) is 326 cm³/mol. The van der Waals surface area contributed by atoms with E-state index in [1.165, 1.54) is 27.7 Å². The number of ether oxygens (including phenoxy) is 9. The molecule has 0 spiro atoms. The standard InChI is InChI=1S/C58H99N9O33/c1-17(2)10-24(61-21(7)73)51(89)60-19(5)50(88)64-25(52(90)66-32(18(3)4)53(91)67-33(20(6)72)49(59)87)11-31(76)65-54-34(62-22(8)74)39(80)46(28(14-70)93-54)98-55-35(63-23(9)75)40(81)47(29(15-71)96-55)99-58-45(86)48(100-57-44(85)42(83)37(78)27(13-69)95-57)38(79)30(97-58)16-92-56-43(84)41(82)36(77)26(12-68)94-56/h17-20,24-30,32-48,54-58,68-72,77-86H,10-16H2,1-9H3,(H2,59,87)(H,60,89)(H,61,73)(H,62,74)(H,63,75)(H,64,88)(H,65,76)(H,66,90)(H,67,91)/t19-,20+,24-,25-,26+,27+,28+,29+,30+,32-,33-,34+,35+,36+,37+,38+,39+,40+,41-,42-,43-,44-,45-,46+,47+,48-,54+,55-,56-,57+,58-/m0/s1. The summed E-state index contributed by atoms with van der Waals surface area (Å²) in [5.74, 6) is -9.90. The fourth-order valence-corrected chi connectivity index (χ4v) is 11.6. The van der Waals surface area contributed by atoms with Gasteiger partial charge in [0.1, 0.15) is 152 Å². The van der Waals surface area contributed by atoms with E-state index in [0.29, 0.717) is 0 Å². The number of carbonyl (C=O) groups excluding carboxylic acids is 9. The van der Waals surface area contributed by atoms with Gasteiger partial charge in [0.05, 0.1) is 45.6 Å². The van der Waals surface area contributed by atoms with E-state index in [4.69, 9.17) is 48.4 Å². The summed E-state index contributed by atoms with van der Waals surface area (Å²) in [6.07, 6.45) is -48.0. The maximum Gasteiger partial charge on any atom is 0.243 e. The van der Waals surface area contributed by atoms with Crippen LogP contribution in [0.3, 0.4) is 0 Å². The van der Waals surface area contributed by atoms with Crippen molar-refractivity contribution in [1.29, 1.82) is 0 Å². The second-order valence-electron chi connectivity index (χ2n) is 25.8. The van der Waals surface area contributed by atoms with E-state index in [9.17, 15) is 120 Å². The molecule has 0 bridgehead atoms. The van der Waals surface area contributed by atoms with Crippen LogP contribution in [0.15, 0.2) is 0 Å². The molecule has 25 N–H and O–H groups in total. The molecule has 5 saturated heterocycles. The molecule has 0 unspecified atom stereocenters. The largest absolute Gasteiger partial charge is 0.394 e. The van der Waals surface area contributed by atoms with Crippen molar-refractivity contribution in [2.45, 2.75) is 265 Å². The highest BCUT2D eigenvalue weighted by Crippen LogP contribution is 2.36. The van der Waals surface area contributed by atoms with Gasteiger partial charge in [-0.05, 0) is 32.1 Å². The minimum absolute atomic E-state index is 0.128. The Balaban J connectivity index is 1.43. The second kappa shape index (κ2) is 38.2. The summed E-state index contributed by atoms with van der Waals surface area (Å²) >= 11 is 0. The molecule has 5 aliphatic rings. The zero-order chi connectivity index (χ0) is 75.2. The molecule has 0 aromatic heterocycles. The lowest BCUT2D eigenvalue weighted by Crippen LogP contribution is -2.71. The smallest absolute Gasteiger partial charge is 0.243 e. The first kappa shape index (κ1) is 84.9. The molecule has 0 aromatic rings. The molecule has 9 amide bonds. The van der Waals surface area contributed by atoms with Crippen LogP contribution in [-0.4, -0.2) is 352 Å². The molecule has 0 radical (unpaired) electrons. The summed E-state index contributed by atoms with van der Waals surface area (Å²) in [6, 6.07) is -11.6. The van der Waals surface area contributed by atoms with Crippen molar-refractivity contribution in [3.8, 4) is 0 Å². The average Bonchev–Trinajstić information content (AvgIpc) is 0.771. The monoisotopic (exact) mass is 1450 g/mol. The van der Waals surface area contributed by atoms with E-state index < -0.39 is 288 Å². The van der Waals surface area contributed by atoms with Crippen molar-refractivity contribution in [2.24, 2.45) is 17.6 Å². The van der Waals surface area contributed by atoms with Gasteiger partial charge in [0.2, 0.25) is 53.2 Å². The van der Waals surface area contributed by atoms with Crippen LogP contribution in [0.5, 0.6) is 0 Å². The Morgan fingerprint density at radius 3 is 1.40 bits per heavy atom. The first-order valence-corrected chi connectivity index (χ1v) is 32.2. The van der Waals surface area contributed by atoms with Gasteiger partial charge >= 0.3 is 0 Å². The van der Waals surface area contributed by atoms with Gasteiger partial charge in [-0.2, -0.15) is 0 Å². The predicted octanol–water partition coefficient (Wildman–Crippen LogP) is -14.1. The normalized spacial score (nSPS) is 36.5. The van der Waals surface area contributed by atoms with Gasteiger partial charge in [0.25, 0.3) is 0 Å². The Hall–Kier alpha value is -5.73. The summed E-state index contributed by atoms with van der Waals surface area (Å²) < 4.78 is 52.3. The van der Waals surface area contributed by atoms with Crippen molar-refractivity contribution in [1.82, 2.24) is 42.5 Å². The van der Waals surface area contributed by atoms with Crippen LogP contribution in [0, 0.1) is 11.8 Å². The molecule has 5 heterocycles. The van der Waals surface area contributed by atoms with E-state index in [0.717, 1.165) is 20.8 Å². The van der Waals surface area contributed by atoms with Gasteiger partial charge in [0, 0.05) is 20.8 Å². The number of primary amides is 1. The lowest BCUT2D eigenvalue weighted by Gasteiger charge is -2.50. The number of nitrogens with one attached hydrogen (secondary N) is 8. The van der Waals surface area contributed by atoms with Crippen LogP contribution in [0.2, 0.25) is 0 Å². The number of aliphatic hydroxyl groups is 15. The number of rotatable bonds is 32. The lowest BCUT2D eigenvalue weighted by molar-refractivity contribution is -0.383. The van der Waals surface area contributed by atoms with Crippen LogP contribution in [0.1, 0.15) is 75.2 Å². The Labute approximate surface area is 572 Å². The van der Waals surface area contributed by atoms with Crippen LogP contribution < -0.4 is 48.3 Å². The molecular formula is C58H99N9O33. The molecule has 31 atom stereocenters. The highest BCUT2D eigenvalue weighted by Gasteiger charge is 2.57.